The molecule has 0 saturated carbocycles. The predicted octanol–water partition coefficient (Wildman–Crippen LogP) is 3.84. The van der Waals surface area contributed by atoms with E-state index in [4.69, 9.17) is 9.47 Å². The van der Waals surface area contributed by atoms with Gasteiger partial charge >= 0.3 is 0 Å². The van der Waals surface area contributed by atoms with Crippen LogP contribution in [0.5, 0.6) is 5.75 Å². The Bertz CT molecular complexity index is 386. The van der Waals surface area contributed by atoms with Crippen LogP contribution in [0.4, 0.5) is 5.69 Å². The van der Waals surface area contributed by atoms with E-state index in [0.717, 1.165) is 43.9 Å². The summed E-state index contributed by atoms with van der Waals surface area (Å²) in [5, 5.41) is 3.43. The molecule has 0 amide bonds. The summed E-state index contributed by atoms with van der Waals surface area (Å²) >= 11 is 0. The Labute approximate surface area is 116 Å². The SMILES string of the molecule is CCCOc1ccc(NCC2CCC(C)(C)O2)cc1. The van der Waals surface area contributed by atoms with Crippen molar-refractivity contribution in [1.82, 2.24) is 0 Å². The number of rotatable bonds is 6. The average molecular weight is 263 g/mol. The van der Waals surface area contributed by atoms with Crippen molar-refractivity contribution in [2.75, 3.05) is 18.5 Å². The van der Waals surface area contributed by atoms with Gasteiger partial charge in [0, 0.05) is 12.2 Å². The first-order valence-electron chi connectivity index (χ1n) is 7.23. The Balaban J connectivity index is 1.77. The lowest BCUT2D eigenvalue weighted by atomic mass is 10.1. The summed E-state index contributed by atoms with van der Waals surface area (Å²) in [6, 6.07) is 8.14. The van der Waals surface area contributed by atoms with Gasteiger partial charge in [-0.25, -0.2) is 0 Å². The molecular weight excluding hydrogens is 238 g/mol. The first-order valence-corrected chi connectivity index (χ1v) is 7.23. The second-order valence-electron chi connectivity index (χ2n) is 5.79. The van der Waals surface area contributed by atoms with Crippen LogP contribution in [0.2, 0.25) is 0 Å². The van der Waals surface area contributed by atoms with E-state index in [1.54, 1.807) is 0 Å². The lowest BCUT2D eigenvalue weighted by Crippen LogP contribution is -2.24. The van der Waals surface area contributed by atoms with Crippen LogP contribution in [0, 0.1) is 0 Å². The van der Waals surface area contributed by atoms with Crippen LogP contribution in [-0.2, 0) is 4.74 Å². The molecule has 0 spiro atoms. The standard InChI is InChI=1S/C16H25NO2/c1-4-11-18-14-7-5-13(6-8-14)17-12-15-9-10-16(2,3)19-15/h5-8,15,17H,4,9-12H2,1-3H3. The van der Waals surface area contributed by atoms with Crippen molar-refractivity contribution in [3.05, 3.63) is 24.3 Å². The van der Waals surface area contributed by atoms with Gasteiger partial charge in [0.1, 0.15) is 5.75 Å². The molecule has 1 aromatic rings. The van der Waals surface area contributed by atoms with Crippen molar-refractivity contribution in [3.63, 3.8) is 0 Å². The van der Waals surface area contributed by atoms with E-state index in [2.05, 4.69) is 38.2 Å². The molecule has 19 heavy (non-hydrogen) atoms. The van der Waals surface area contributed by atoms with Gasteiger partial charge in [0.2, 0.25) is 0 Å². The Morgan fingerprint density at radius 3 is 2.63 bits per heavy atom. The van der Waals surface area contributed by atoms with E-state index in [9.17, 15) is 0 Å². The highest BCUT2D eigenvalue weighted by Crippen LogP contribution is 2.29. The first-order chi connectivity index (χ1) is 9.09. The number of hydrogen-bond donors (Lipinski definition) is 1. The van der Waals surface area contributed by atoms with Crippen molar-refractivity contribution in [2.45, 2.75) is 51.7 Å². The van der Waals surface area contributed by atoms with Crippen LogP contribution in [-0.4, -0.2) is 24.9 Å². The molecule has 106 valence electrons. The molecule has 1 aliphatic rings. The molecule has 1 aliphatic heterocycles. The predicted molar refractivity (Wildman–Crippen MR) is 78.9 cm³/mol. The topological polar surface area (TPSA) is 30.5 Å². The summed E-state index contributed by atoms with van der Waals surface area (Å²) in [5.41, 5.74) is 1.17. The first kappa shape index (κ1) is 14.2. The third kappa shape index (κ3) is 4.43. The average Bonchev–Trinajstić information content (AvgIpc) is 2.75. The van der Waals surface area contributed by atoms with Gasteiger partial charge in [-0.05, 0) is 57.4 Å². The lowest BCUT2D eigenvalue weighted by molar-refractivity contribution is -0.00910. The number of benzene rings is 1. The number of hydrogen-bond acceptors (Lipinski definition) is 3. The van der Waals surface area contributed by atoms with E-state index in [1.807, 2.05) is 12.1 Å². The molecule has 1 N–H and O–H groups in total. The lowest BCUT2D eigenvalue weighted by Gasteiger charge is -2.19. The molecule has 0 aliphatic carbocycles. The zero-order valence-electron chi connectivity index (χ0n) is 12.2. The largest absolute Gasteiger partial charge is 0.494 e. The van der Waals surface area contributed by atoms with Crippen molar-refractivity contribution < 1.29 is 9.47 Å². The summed E-state index contributed by atoms with van der Waals surface area (Å²) in [6.45, 7) is 8.08. The Hall–Kier alpha value is -1.22. The summed E-state index contributed by atoms with van der Waals surface area (Å²) in [6.07, 6.45) is 3.64. The molecule has 0 aromatic heterocycles. The third-order valence-corrected chi connectivity index (χ3v) is 3.42. The maximum atomic E-state index is 5.96. The molecule has 1 atom stereocenters. The summed E-state index contributed by atoms with van der Waals surface area (Å²) in [5.74, 6) is 0.936. The molecule has 3 nitrogen and oxygen atoms in total. The molecule has 0 radical (unpaired) electrons. The molecular formula is C16H25NO2. The van der Waals surface area contributed by atoms with Crippen LogP contribution >= 0.6 is 0 Å². The second-order valence-corrected chi connectivity index (χ2v) is 5.79. The summed E-state index contributed by atoms with van der Waals surface area (Å²) in [4.78, 5) is 0. The van der Waals surface area contributed by atoms with E-state index >= 15 is 0 Å². The summed E-state index contributed by atoms with van der Waals surface area (Å²) < 4.78 is 11.5. The highest BCUT2D eigenvalue weighted by atomic mass is 16.5. The van der Waals surface area contributed by atoms with Crippen LogP contribution < -0.4 is 10.1 Å². The molecule has 1 unspecified atom stereocenters. The fourth-order valence-electron chi connectivity index (χ4n) is 2.34. The quantitative estimate of drug-likeness (QED) is 0.845. The van der Waals surface area contributed by atoms with Gasteiger partial charge in [-0.15, -0.1) is 0 Å². The van der Waals surface area contributed by atoms with Crippen LogP contribution in [0.15, 0.2) is 24.3 Å². The van der Waals surface area contributed by atoms with Crippen LogP contribution in [0.3, 0.4) is 0 Å². The number of nitrogens with one attached hydrogen (secondary N) is 1. The zero-order valence-corrected chi connectivity index (χ0v) is 12.2. The Kier molecular flexibility index (Phi) is 4.70. The van der Waals surface area contributed by atoms with Crippen molar-refractivity contribution in [1.29, 1.82) is 0 Å². The molecule has 1 saturated heterocycles. The van der Waals surface area contributed by atoms with Gasteiger partial charge in [0.15, 0.2) is 0 Å². The second kappa shape index (κ2) is 6.29. The molecule has 3 heteroatoms. The molecule has 1 heterocycles. The minimum Gasteiger partial charge on any atom is -0.494 e. The van der Waals surface area contributed by atoms with Gasteiger partial charge in [-0.2, -0.15) is 0 Å². The third-order valence-electron chi connectivity index (χ3n) is 3.42. The van der Waals surface area contributed by atoms with E-state index in [0.29, 0.717) is 6.10 Å². The van der Waals surface area contributed by atoms with Gasteiger partial charge in [-0.1, -0.05) is 6.92 Å². The maximum absolute atomic E-state index is 5.96. The smallest absolute Gasteiger partial charge is 0.119 e. The Morgan fingerprint density at radius 2 is 2.05 bits per heavy atom. The van der Waals surface area contributed by atoms with Gasteiger partial charge in [-0.3, -0.25) is 0 Å². The van der Waals surface area contributed by atoms with Crippen molar-refractivity contribution >= 4 is 5.69 Å². The van der Waals surface area contributed by atoms with Crippen molar-refractivity contribution in [2.24, 2.45) is 0 Å². The van der Waals surface area contributed by atoms with Gasteiger partial charge < -0.3 is 14.8 Å². The van der Waals surface area contributed by atoms with Gasteiger partial charge in [0.05, 0.1) is 18.3 Å². The fraction of sp³-hybridized carbons (Fsp3) is 0.625. The molecule has 2 rings (SSSR count). The van der Waals surface area contributed by atoms with E-state index < -0.39 is 0 Å². The minimum absolute atomic E-state index is 0.0458. The Morgan fingerprint density at radius 1 is 1.32 bits per heavy atom. The molecule has 0 bridgehead atoms. The number of ether oxygens (including phenoxy) is 2. The van der Waals surface area contributed by atoms with E-state index in [-0.39, 0.29) is 5.60 Å². The monoisotopic (exact) mass is 263 g/mol. The van der Waals surface area contributed by atoms with Crippen LogP contribution in [0.25, 0.3) is 0 Å². The highest BCUT2D eigenvalue weighted by Gasteiger charge is 2.31. The molecule has 1 aromatic carbocycles. The van der Waals surface area contributed by atoms with Crippen LogP contribution in [0.1, 0.15) is 40.0 Å². The van der Waals surface area contributed by atoms with E-state index in [1.165, 1.54) is 0 Å². The maximum Gasteiger partial charge on any atom is 0.119 e. The number of anilines is 1. The normalized spacial score (nSPS) is 21.3. The molecule has 1 fully saturated rings. The minimum atomic E-state index is 0.0458. The van der Waals surface area contributed by atoms with Crippen molar-refractivity contribution in [3.8, 4) is 5.75 Å². The van der Waals surface area contributed by atoms with Gasteiger partial charge in [0.25, 0.3) is 0 Å². The highest BCUT2D eigenvalue weighted by molar-refractivity contribution is 5.46. The summed E-state index contributed by atoms with van der Waals surface area (Å²) in [7, 11) is 0. The zero-order chi connectivity index (χ0) is 13.7. The fourth-order valence-corrected chi connectivity index (χ4v) is 2.34.